The molecule has 3 aliphatic heterocycles. The quantitative estimate of drug-likeness (QED) is 0.420. The summed E-state index contributed by atoms with van der Waals surface area (Å²) < 4.78 is 27.8. The third kappa shape index (κ3) is 5.79. The minimum atomic E-state index is -0.476. The number of aliphatic hydroxyl groups is 1. The van der Waals surface area contributed by atoms with E-state index in [-0.39, 0.29) is 30.3 Å². The van der Waals surface area contributed by atoms with Crippen molar-refractivity contribution in [2.24, 2.45) is 0 Å². The number of nitrogens with two attached hydrogens (primary N) is 1. The molecule has 40 heavy (non-hydrogen) atoms. The molecule has 13 heteroatoms. The van der Waals surface area contributed by atoms with E-state index in [1.165, 1.54) is 19.3 Å². The van der Waals surface area contributed by atoms with Crippen LogP contribution < -0.4 is 16.0 Å². The topological polar surface area (TPSA) is 141 Å². The first-order chi connectivity index (χ1) is 19.1. The number of nitrogen functional groups attached to an aromatic ring is 1. The van der Waals surface area contributed by atoms with E-state index < -0.39 is 18.0 Å². The number of nitrogens with zero attached hydrogens (tertiary/aromatic N) is 5. The number of hydrogen-bond donors (Lipinski definition) is 3. The predicted octanol–water partition coefficient (Wildman–Crippen LogP) is 4.07. The number of alkyl carbamates (subject to hydrolysis) is 1. The van der Waals surface area contributed by atoms with Crippen LogP contribution in [0.5, 0.6) is 0 Å². The van der Waals surface area contributed by atoms with Crippen molar-refractivity contribution in [3.8, 4) is 11.3 Å². The lowest BCUT2D eigenvalue weighted by atomic mass is 9.95. The lowest BCUT2D eigenvalue weighted by molar-refractivity contribution is -0.133. The van der Waals surface area contributed by atoms with Crippen LogP contribution in [-0.2, 0) is 9.47 Å². The van der Waals surface area contributed by atoms with Crippen molar-refractivity contribution in [3.05, 3.63) is 29.2 Å². The summed E-state index contributed by atoms with van der Waals surface area (Å²) in [6, 6.07) is 3.36. The average Bonchev–Trinajstić information content (AvgIpc) is 3.32. The minimum Gasteiger partial charge on any atom is -0.443 e. The maximum Gasteiger partial charge on any atom is 0.407 e. The molecule has 1 aromatic carbocycles. The van der Waals surface area contributed by atoms with Gasteiger partial charge in [0.25, 0.3) is 0 Å². The number of imidazole rings is 1. The largest absolute Gasteiger partial charge is 0.443 e. The van der Waals surface area contributed by atoms with Gasteiger partial charge in [-0.25, -0.2) is 24.1 Å². The number of carbonyl (C=O) groups excluding carboxylic acids is 1. The highest BCUT2D eigenvalue weighted by atomic mass is 35.5. The number of ether oxygens (including phenoxy) is 2. The maximum absolute atomic E-state index is 15.0. The third-order valence-electron chi connectivity index (χ3n) is 7.45. The molecule has 1 saturated carbocycles. The summed E-state index contributed by atoms with van der Waals surface area (Å²) in [5.74, 6) is 0.442. The fraction of sp³-hybridized carbons (Fsp3) is 0.556. The average molecular weight is 576 g/mol. The Morgan fingerprint density at radius 3 is 2.60 bits per heavy atom. The van der Waals surface area contributed by atoms with Crippen LogP contribution in [0.25, 0.3) is 22.3 Å². The first-order valence-corrected chi connectivity index (χ1v) is 14.0. The number of amides is 1. The highest BCUT2D eigenvalue weighted by Gasteiger charge is 2.40. The van der Waals surface area contributed by atoms with Crippen LogP contribution >= 0.6 is 11.6 Å². The van der Waals surface area contributed by atoms with Crippen molar-refractivity contribution in [2.45, 2.75) is 76.4 Å². The molecule has 2 bridgehead atoms. The zero-order chi connectivity index (χ0) is 28.6. The zero-order valence-electron chi connectivity index (χ0n) is 22.8. The van der Waals surface area contributed by atoms with E-state index in [1.54, 1.807) is 0 Å². The number of hydrogen-bond acceptors (Lipinski definition) is 9. The molecule has 4 unspecified atom stereocenters. The summed E-state index contributed by atoms with van der Waals surface area (Å²) in [4.78, 5) is 25.7. The van der Waals surface area contributed by atoms with Gasteiger partial charge in [0.05, 0.1) is 40.7 Å². The second-order valence-electron chi connectivity index (χ2n) is 10.7. The van der Waals surface area contributed by atoms with Crippen molar-refractivity contribution in [1.82, 2.24) is 24.8 Å². The fourth-order valence-electron chi connectivity index (χ4n) is 5.52. The Kier molecular flexibility index (Phi) is 8.29. The number of aromatic nitrogens is 4. The normalized spacial score (nSPS) is 23.8. The molecular weight excluding hydrogens is 541 g/mol. The summed E-state index contributed by atoms with van der Waals surface area (Å²) in [5, 5.41) is 12.1. The van der Waals surface area contributed by atoms with Gasteiger partial charge in [-0.2, -0.15) is 0 Å². The second kappa shape index (κ2) is 11.7. The lowest BCUT2D eigenvalue weighted by Crippen LogP contribution is -2.58. The predicted molar refractivity (Wildman–Crippen MR) is 150 cm³/mol. The first-order valence-electron chi connectivity index (χ1n) is 13.6. The molecule has 7 rings (SSSR count). The number of morpholine rings is 1. The van der Waals surface area contributed by atoms with Gasteiger partial charge in [-0.15, -0.1) is 0 Å². The van der Waals surface area contributed by atoms with Gasteiger partial charge in [0.15, 0.2) is 5.82 Å². The number of anilines is 2. The molecule has 4 aliphatic rings. The molecule has 3 saturated heterocycles. The van der Waals surface area contributed by atoms with E-state index >= 15 is 4.39 Å². The summed E-state index contributed by atoms with van der Waals surface area (Å²) in [6.07, 6.45) is 5.31. The van der Waals surface area contributed by atoms with Crippen LogP contribution in [0, 0.1) is 5.82 Å². The van der Waals surface area contributed by atoms with Crippen molar-refractivity contribution in [3.63, 3.8) is 0 Å². The number of halogens is 2. The summed E-state index contributed by atoms with van der Waals surface area (Å²) in [5.41, 5.74) is 7.69. The smallest absolute Gasteiger partial charge is 0.407 e. The molecular formula is C27H35ClFN7O4. The Morgan fingerprint density at radius 1 is 1.25 bits per heavy atom. The SMILES string of the molecule is CC(C)n1c(N2CC3CC(C2)O3)nc2c(F)cc(-c3nc(N)ncc3Cl)cc21.CNC(=O)OC1CCCCC1O. The molecule has 0 spiro atoms. The maximum atomic E-state index is 15.0. The molecule has 5 heterocycles. The van der Waals surface area contributed by atoms with Crippen molar-refractivity contribution in [2.75, 3.05) is 30.8 Å². The molecule has 1 amide bonds. The van der Waals surface area contributed by atoms with Gasteiger partial charge >= 0.3 is 6.09 Å². The van der Waals surface area contributed by atoms with Crippen molar-refractivity contribution >= 4 is 40.6 Å². The summed E-state index contributed by atoms with van der Waals surface area (Å²) >= 11 is 6.24. The van der Waals surface area contributed by atoms with E-state index in [0.29, 0.717) is 27.3 Å². The Hall–Kier alpha value is -3.22. The number of piperidine rings is 1. The highest BCUT2D eigenvalue weighted by Crippen LogP contribution is 2.37. The lowest BCUT2D eigenvalue weighted by Gasteiger charge is -2.47. The standard InChI is InChI=1S/C19H20ClFN6O.C8H15NO3/c1-9(2)27-15-4-10(16-13(20)6-23-18(22)24-16)3-14(21)17(15)25-19(27)26-7-11-5-12(8-26)28-11;1-9-8(11)12-7-5-3-2-4-6(7)10/h3-4,6,9,11-12H,5,7-8H2,1-2H3,(H2,22,23,24);6-7,10H,2-5H2,1H3,(H,9,11). The van der Waals surface area contributed by atoms with Crippen LogP contribution in [-0.4, -0.2) is 75.3 Å². The number of benzene rings is 1. The molecule has 216 valence electrons. The Labute approximate surface area is 236 Å². The number of carbonyl (C=O) groups is 1. The van der Waals surface area contributed by atoms with E-state index in [0.717, 1.165) is 51.1 Å². The Bertz CT molecular complexity index is 1370. The van der Waals surface area contributed by atoms with Gasteiger partial charge in [0.1, 0.15) is 11.6 Å². The molecule has 1 aliphatic carbocycles. The van der Waals surface area contributed by atoms with Crippen LogP contribution in [0.2, 0.25) is 5.02 Å². The zero-order valence-corrected chi connectivity index (χ0v) is 23.6. The van der Waals surface area contributed by atoms with E-state index in [2.05, 4.69) is 43.6 Å². The molecule has 4 fully saturated rings. The van der Waals surface area contributed by atoms with Crippen LogP contribution in [0.1, 0.15) is 52.0 Å². The van der Waals surface area contributed by atoms with E-state index in [4.69, 9.17) is 26.8 Å². The van der Waals surface area contributed by atoms with E-state index in [1.807, 2.05) is 6.07 Å². The van der Waals surface area contributed by atoms with Gasteiger partial charge in [-0.3, -0.25) is 0 Å². The van der Waals surface area contributed by atoms with Gasteiger partial charge < -0.3 is 35.1 Å². The number of rotatable bonds is 4. The van der Waals surface area contributed by atoms with Gasteiger partial charge in [-0.05, 0) is 45.2 Å². The van der Waals surface area contributed by atoms with Crippen LogP contribution in [0.3, 0.4) is 0 Å². The fourth-order valence-corrected chi connectivity index (χ4v) is 5.72. The van der Waals surface area contributed by atoms with E-state index in [9.17, 15) is 9.90 Å². The molecule has 4 N–H and O–H groups in total. The minimum absolute atomic E-state index is 0.0884. The number of nitrogens with one attached hydrogen (secondary N) is 1. The molecule has 3 aromatic rings. The van der Waals surface area contributed by atoms with Gasteiger partial charge in [-0.1, -0.05) is 18.0 Å². The third-order valence-corrected chi connectivity index (χ3v) is 7.73. The summed E-state index contributed by atoms with van der Waals surface area (Å²) in [7, 11) is 1.51. The van der Waals surface area contributed by atoms with Crippen molar-refractivity contribution < 1.29 is 23.8 Å². The van der Waals surface area contributed by atoms with Crippen LogP contribution in [0.4, 0.5) is 21.1 Å². The molecule has 0 radical (unpaired) electrons. The first kappa shape index (κ1) is 28.3. The highest BCUT2D eigenvalue weighted by molar-refractivity contribution is 6.33. The second-order valence-corrected chi connectivity index (χ2v) is 11.1. The Morgan fingerprint density at radius 2 is 1.95 bits per heavy atom. The molecule has 2 aromatic heterocycles. The summed E-state index contributed by atoms with van der Waals surface area (Å²) in [6.45, 7) is 5.67. The van der Waals surface area contributed by atoms with Gasteiger partial charge in [0.2, 0.25) is 11.9 Å². The monoisotopic (exact) mass is 575 g/mol. The number of fused-ring (bicyclic) bond motifs is 3. The molecule has 4 atom stereocenters. The molecule has 11 nitrogen and oxygen atoms in total. The van der Waals surface area contributed by atoms with Crippen molar-refractivity contribution in [1.29, 1.82) is 0 Å². The number of aliphatic hydroxyl groups excluding tert-OH is 1. The Balaban J connectivity index is 0.000000227. The van der Waals surface area contributed by atoms with Crippen LogP contribution in [0.15, 0.2) is 18.3 Å². The van der Waals surface area contributed by atoms with Gasteiger partial charge in [0, 0.05) is 38.2 Å².